The number of nitrogens with zero attached hydrogens (tertiary/aromatic N) is 2. The second kappa shape index (κ2) is 12.2. The van der Waals surface area contributed by atoms with Gasteiger partial charge in [0.1, 0.15) is 11.5 Å². The van der Waals surface area contributed by atoms with E-state index in [0.717, 1.165) is 70.7 Å². The van der Waals surface area contributed by atoms with Crippen LogP contribution in [-0.4, -0.2) is 6.54 Å². The fourth-order valence-corrected chi connectivity index (χ4v) is 5.79. The number of fused-ring (bicyclic) bond motifs is 1. The molecule has 1 heterocycles. The maximum Gasteiger partial charge on any atom is 0.132 e. The van der Waals surface area contributed by atoms with Crippen molar-refractivity contribution < 1.29 is 4.74 Å². The molecule has 4 nitrogen and oxygen atoms in total. The van der Waals surface area contributed by atoms with Gasteiger partial charge in [0.15, 0.2) is 0 Å². The van der Waals surface area contributed by atoms with E-state index >= 15 is 0 Å². The summed E-state index contributed by atoms with van der Waals surface area (Å²) < 4.78 is 6.81. The Balaban J connectivity index is 1.43. The van der Waals surface area contributed by atoms with Crippen LogP contribution in [0, 0.1) is 0 Å². The molecule has 6 aromatic rings. The van der Waals surface area contributed by atoms with Gasteiger partial charge in [-0.05, 0) is 79.6 Å². The van der Waals surface area contributed by atoms with Crippen molar-refractivity contribution in [1.82, 2.24) is 0 Å². The molecule has 0 saturated heterocycles. The van der Waals surface area contributed by atoms with Crippen LogP contribution in [0.4, 0.5) is 39.8 Å². The minimum Gasteiger partial charge on any atom is -0.457 e. The van der Waals surface area contributed by atoms with Crippen LogP contribution in [-0.2, 0) is 6.42 Å². The summed E-state index contributed by atoms with van der Waals surface area (Å²) >= 11 is 0. The van der Waals surface area contributed by atoms with Gasteiger partial charge < -0.3 is 19.9 Å². The summed E-state index contributed by atoms with van der Waals surface area (Å²) in [4.78, 5) is 4.57. The van der Waals surface area contributed by atoms with Crippen molar-refractivity contribution in [2.45, 2.75) is 12.8 Å². The molecule has 6 aromatic carbocycles. The topological polar surface area (TPSA) is 27.7 Å². The summed E-state index contributed by atoms with van der Waals surface area (Å²) in [5.41, 5.74) is 8.69. The van der Waals surface area contributed by atoms with Crippen molar-refractivity contribution >= 4 is 39.8 Å². The lowest BCUT2D eigenvalue weighted by atomic mass is 10.0. The molecule has 0 unspecified atom stereocenters. The van der Waals surface area contributed by atoms with Crippen LogP contribution in [0.15, 0.2) is 158 Å². The number of hydrogen-bond donors (Lipinski definition) is 1. The molecule has 1 aliphatic rings. The molecular formula is C39H33N3O. The molecule has 0 aromatic heterocycles. The van der Waals surface area contributed by atoms with Gasteiger partial charge in [-0.2, -0.15) is 0 Å². The summed E-state index contributed by atoms with van der Waals surface area (Å²) in [6, 6.07) is 54.8. The predicted molar refractivity (Wildman–Crippen MR) is 179 cm³/mol. The van der Waals surface area contributed by atoms with Crippen molar-refractivity contribution in [1.29, 1.82) is 0 Å². The van der Waals surface area contributed by atoms with Gasteiger partial charge in [0.05, 0.1) is 11.4 Å². The van der Waals surface area contributed by atoms with E-state index in [1.54, 1.807) is 0 Å². The third kappa shape index (κ3) is 5.68. The molecule has 0 spiro atoms. The van der Waals surface area contributed by atoms with Crippen molar-refractivity contribution in [2.24, 2.45) is 0 Å². The summed E-state index contributed by atoms with van der Waals surface area (Å²) in [5, 5.41) is 3.54. The average molecular weight is 560 g/mol. The molecule has 1 N–H and O–H groups in total. The van der Waals surface area contributed by atoms with E-state index in [4.69, 9.17) is 4.74 Å². The fraction of sp³-hybridized carbons (Fsp3) is 0.0769. The lowest BCUT2D eigenvalue weighted by molar-refractivity contribution is 0.475. The molecule has 0 aliphatic carbocycles. The minimum atomic E-state index is 0.778. The van der Waals surface area contributed by atoms with Gasteiger partial charge in [-0.15, -0.1) is 0 Å². The molecule has 0 bridgehead atoms. The summed E-state index contributed by atoms with van der Waals surface area (Å²) in [5.74, 6) is 1.67. The van der Waals surface area contributed by atoms with Crippen LogP contribution < -0.4 is 19.9 Å². The highest BCUT2D eigenvalue weighted by Crippen LogP contribution is 2.44. The van der Waals surface area contributed by atoms with Gasteiger partial charge >= 0.3 is 0 Å². The zero-order chi connectivity index (χ0) is 28.8. The van der Waals surface area contributed by atoms with E-state index in [0.29, 0.717) is 0 Å². The van der Waals surface area contributed by atoms with Gasteiger partial charge in [-0.3, -0.25) is 0 Å². The molecule has 1 aliphatic heterocycles. The highest BCUT2D eigenvalue weighted by Gasteiger charge is 2.20. The molecule has 7 rings (SSSR count). The Morgan fingerprint density at radius 1 is 0.465 bits per heavy atom. The summed E-state index contributed by atoms with van der Waals surface area (Å²) in [6.07, 6.45) is 2.08. The standard InChI is InChI=1S/C39H33N3O/c1-5-15-30(16-6-1)41(31-17-7-2-8-18-31)34-27-35(42(32-19-9-3-10-20-32)33-21-11-4-12-22-33)29-36(28-34)43-39-25-13-24-38-37(39)23-14-26-40-38/h1-13,15-22,24-25,27-29,40H,14,23,26H2. The van der Waals surface area contributed by atoms with E-state index in [1.807, 2.05) is 0 Å². The first-order valence-corrected chi connectivity index (χ1v) is 14.8. The number of benzene rings is 6. The zero-order valence-corrected chi connectivity index (χ0v) is 23.9. The van der Waals surface area contributed by atoms with Crippen LogP contribution in [0.1, 0.15) is 12.0 Å². The Hall–Kier alpha value is -5.48. The normalized spacial score (nSPS) is 12.1. The maximum absolute atomic E-state index is 6.81. The van der Waals surface area contributed by atoms with Gasteiger partial charge in [0.2, 0.25) is 0 Å². The number of ether oxygens (including phenoxy) is 1. The largest absolute Gasteiger partial charge is 0.457 e. The lowest BCUT2D eigenvalue weighted by Gasteiger charge is -2.30. The summed E-state index contributed by atoms with van der Waals surface area (Å²) in [6.45, 7) is 0.988. The van der Waals surface area contributed by atoms with Crippen molar-refractivity contribution in [3.8, 4) is 11.5 Å². The quantitative estimate of drug-likeness (QED) is 0.201. The fourth-order valence-electron chi connectivity index (χ4n) is 5.79. The molecule has 0 atom stereocenters. The second-order valence-corrected chi connectivity index (χ2v) is 10.6. The molecule has 0 radical (unpaired) electrons. The van der Waals surface area contributed by atoms with E-state index < -0.39 is 0 Å². The van der Waals surface area contributed by atoms with Crippen LogP contribution in [0.2, 0.25) is 0 Å². The smallest absolute Gasteiger partial charge is 0.132 e. The van der Waals surface area contributed by atoms with Crippen molar-refractivity contribution in [3.05, 3.63) is 163 Å². The monoisotopic (exact) mass is 559 g/mol. The number of para-hydroxylation sites is 4. The Morgan fingerprint density at radius 3 is 1.40 bits per heavy atom. The van der Waals surface area contributed by atoms with E-state index in [9.17, 15) is 0 Å². The van der Waals surface area contributed by atoms with Crippen molar-refractivity contribution in [2.75, 3.05) is 21.7 Å². The van der Waals surface area contributed by atoms with Crippen molar-refractivity contribution in [3.63, 3.8) is 0 Å². The lowest BCUT2D eigenvalue weighted by Crippen LogP contribution is -2.14. The van der Waals surface area contributed by atoms with E-state index in [-0.39, 0.29) is 0 Å². The first-order chi connectivity index (χ1) is 21.3. The zero-order valence-electron chi connectivity index (χ0n) is 23.9. The Bertz CT molecular complexity index is 1610. The molecule has 210 valence electrons. The van der Waals surface area contributed by atoms with E-state index in [2.05, 4.69) is 173 Å². The average Bonchev–Trinajstić information content (AvgIpc) is 3.07. The van der Waals surface area contributed by atoms with Crippen LogP contribution in [0.3, 0.4) is 0 Å². The highest BCUT2D eigenvalue weighted by atomic mass is 16.5. The SMILES string of the molecule is c1ccc(N(c2ccccc2)c2cc(Oc3cccc4c3CCCN4)cc(N(c3ccccc3)c3ccccc3)c2)cc1. The second-order valence-electron chi connectivity index (χ2n) is 10.6. The van der Waals surface area contributed by atoms with Crippen LogP contribution in [0.25, 0.3) is 0 Å². The van der Waals surface area contributed by atoms with E-state index in [1.165, 1.54) is 5.56 Å². The molecular weight excluding hydrogens is 526 g/mol. The Morgan fingerprint density at radius 2 is 0.930 bits per heavy atom. The number of nitrogens with one attached hydrogen (secondary N) is 1. The molecule has 4 heteroatoms. The first-order valence-electron chi connectivity index (χ1n) is 14.8. The predicted octanol–water partition coefficient (Wildman–Crippen LogP) is 10.8. The molecule has 0 amide bonds. The minimum absolute atomic E-state index is 0.778. The molecule has 43 heavy (non-hydrogen) atoms. The molecule has 0 fully saturated rings. The number of hydrogen-bond acceptors (Lipinski definition) is 4. The van der Waals surface area contributed by atoms with Gasteiger partial charge in [0, 0.05) is 52.7 Å². The van der Waals surface area contributed by atoms with Gasteiger partial charge in [-0.1, -0.05) is 78.9 Å². The third-order valence-corrected chi connectivity index (χ3v) is 7.73. The third-order valence-electron chi connectivity index (χ3n) is 7.73. The van der Waals surface area contributed by atoms with Crippen LogP contribution in [0.5, 0.6) is 11.5 Å². The summed E-state index contributed by atoms with van der Waals surface area (Å²) in [7, 11) is 0. The maximum atomic E-state index is 6.81. The van der Waals surface area contributed by atoms with Gasteiger partial charge in [-0.25, -0.2) is 0 Å². The first kappa shape index (κ1) is 26.4. The van der Waals surface area contributed by atoms with Crippen LogP contribution >= 0.6 is 0 Å². The number of rotatable bonds is 8. The Kier molecular flexibility index (Phi) is 7.48. The number of anilines is 7. The Labute approximate surface area is 253 Å². The highest BCUT2D eigenvalue weighted by molar-refractivity contribution is 5.84. The van der Waals surface area contributed by atoms with Gasteiger partial charge in [0.25, 0.3) is 0 Å². The molecule has 0 saturated carbocycles.